The van der Waals surface area contributed by atoms with Crippen LogP contribution in [0.15, 0.2) is 24.3 Å². The third-order valence-electron chi connectivity index (χ3n) is 6.84. The second kappa shape index (κ2) is 15.0. The predicted octanol–water partition coefficient (Wildman–Crippen LogP) is 2.78. The number of alkyl carbamates (subject to hydrolysis) is 1. The van der Waals surface area contributed by atoms with Crippen LogP contribution in [0.5, 0.6) is 0 Å². The van der Waals surface area contributed by atoms with Gasteiger partial charge in [0.25, 0.3) is 0 Å². The van der Waals surface area contributed by atoms with E-state index in [0.717, 1.165) is 37.8 Å². The van der Waals surface area contributed by atoms with E-state index in [1.807, 2.05) is 41.1 Å². The maximum Gasteiger partial charge on any atom is 0.406 e. The minimum Gasteiger partial charge on any atom is -0.453 e. The van der Waals surface area contributed by atoms with Crippen molar-refractivity contribution in [2.75, 3.05) is 60.0 Å². The van der Waals surface area contributed by atoms with Gasteiger partial charge in [0.2, 0.25) is 5.91 Å². The molecule has 0 aromatic heterocycles. The first-order valence-corrected chi connectivity index (χ1v) is 13.5. The first-order valence-electron chi connectivity index (χ1n) is 13.1. The number of urea groups is 1. The molecule has 0 spiro atoms. The second-order valence-electron chi connectivity index (χ2n) is 9.61. The summed E-state index contributed by atoms with van der Waals surface area (Å²) in [7, 11) is 3.16. The second-order valence-corrected chi connectivity index (χ2v) is 10.1. The Morgan fingerprint density at radius 1 is 1.22 bits per heavy atom. The molecule has 2 fully saturated rings. The molecule has 0 saturated carbocycles. The van der Waals surface area contributed by atoms with Crippen LogP contribution in [-0.2, 0) is 14.3 Å². The molecule has 3 atom stereocenters. The lowest BCUT2D eigenvalue weighted by Crippen LogP contribution is -2.55. The highest BCUT2D eigenvalue weighted by atomic mass is 35.5. The van der Waals surface area contributed by atoms with Gasteiger partial charge >= 0.3 is 12.1 Å². The number of piperidine rings is 2. The smallest absolute Gasteiger partial charge is 0.406 e. The van der Waals surface area contributed by atoms with Crippen molar-refractivity contribution >= 4 is 29.6 Å². The molecule has 37 heavy (non-hydrogen) atoms. The molecule has 1 aromatic carbocycles. The van der Waals surface area contributed by atoms with Crippen LogP contribution in [0, 0.1) is 5.92 Å². The van der Waals surface area contributed by atoms with Gasteiger partial charge in [-0.2, -0.15) is 0 Å². The van der Waals surface area contributed by atoms with Crippen molar-refractivity contribution in [2.24, 2.45) is 5.92 Å². The Morgan fingerprint density at radius 2 is 2.05 bits per heavy atom. The normalized spacial score (nSPS) is 19.8. The van der Waals surface area contributed by atoms with Gasteiger partial charge in [-0.25, -0.2) is 9.59 Å². The molecule has 10 nitrogen and oxygen atoms in total. The molecule has 0 radical (unpaired) electrons. The van der Waals surface area contributed by atoms with Crippen LogP contribution in [-0.4, -0.2) is 93.9 Å². The Morgan fingerprint density at radius 3 is 2.78 bits per heavy atom. The van der Waals surface area contributed by atoms with Crippen molar-refractivity contribution in [1.29, 1.82) is 0 Å². The van der Waals surface area contributed by atoms with E-state index in [4.69, 9.17) is 16.3 Å². The number of halogens is 1. The summed E-state index contributed by atoms with van der Waals surface area (Å²) in [5.41, 5.74) is 0.939. The zero-order valence-electron chi connectivity index (χ0n) is 21.8. The lowest BCUT2D eigenvalue weighted by molar-refractivity contribution is -0.133. The molecule has 4 amide bonds. The van der Waals surface area contributed by atoms with Crippen LogP contribution in [0.2, 0.25) is 5.02 Å². The lowest BCUT2D eigenvalue weighted by atomic mass is 9.88. The van der Waals surface area contributed by atoms with Gasteiger partial charge in [0.15, 0.2) is 0 Å². The van der Waals surface area contributed by atoms with Crippen LogP contribution in [0.3, 0.4) is 0 Å². The van der Waals surface area contributed by atoms with Crippen LogP contribution in [0.4, 0.5) is 9.59 Å². The first kappa shape index (κ1) is 29.0. The van der Waals surface area contributed by atoms with Crippen molar-refractivity contribution in [3.05, 3.63) is 34.9 Å². The molecule has 2 aliphatic rings. The number of hydrogen-bond donors (Lipinski definition) is 3. The zero-order valence-corrected chi connectivity index (χ0v) is 22.6. The van der Waals surface area contributed by atoms with Crippen molar-refractivity contribution in [3.8, 4) is 0 Å². The van der Waals surface area contributed by atoms with Crippen molar-refractivity contribution in [1.82, 2.24) is 25.8 Å². The highest BCUT2D eigenvalue weighted by Gasteiger charge is 2.32. The van der Waals surface area contributed by atoms with Gasteiger partial charge in [-0.05, 0) is 50.4 Å². The standard InChI is InChI=1S/C26H40ClN5O5/c1-28-16-22(18-31-12-4-3-10-23(31)33)30-25(34)32-13-6-8-20(17-32)24(19-7-5-9-21(27)15-19)37-14-11-29-26(35)36-2/h5,7,9,15,20,22,24,28H,3-4,6,8,10-14,16-18H2,1-2H3,(H,29,35)(H,30,34)/t20-,22-,24+/m1/s1. The SMILES string of the molecule is CNC[C@H](CN1CCCCC1=O)NC(=O)N1CCC[C@@H]([C@@H](OCCNC(=O)OC)c2cccc(Cl)c2)C1. The summed E-state index contributed by atoms with van der Waals surface area (Å²) in [6.07, 6.45) is 3.46. The number of ether oxygens (including phenoxy) is 2. The molecule has 0 aliphatic carbocycles. The number of carbonyl (C=O) groups is 3. The van der Waals surface area contributed by atoms with Gasteiger partial charge < -0.3 is 35.2 Å². The fourth-order valence-corrected chi connectivity index (χ4v) is 5.23. The van der Waals surface area contributed by atoms with E-state index in [-0.39, 0.29) is 30.0 Å². The summed E-state index contributed by atoms with van der Waals surface area (Å²) in [5, 5.41) is 9.52. The number of benzene rings is 1. The summed E-state index contributed by atoms with van der Waals surface area (Å²) in [5.74, 6) is 0.213. The Hall–Kier alpha value is -2.56. The van der Waals surface area contributed by atoms with E-state index in [2.05, 4.69) is 20.7 Å². The number of hydrogen-bond acceptors (Lipinski definition) is 6. The van der Waals surface area contributed by atoms with E-state index in [1.54, 1.807) is 0 Å². The average Bonchev–Trinajstić information content (AvgIpc) is 2.90. The van der Waals surface area contributed by atoms with Crippen LogP contribution in [0.1, 0.15) is 43.8 Å². The molecule has 3 rings (SSSR count). The highest BCUT2D eigenvalue weighted by Crippen LogP contribution is 2.34. The molecule has 2 heterocycles. The number of nitrogens with zero attached hydrogens (tertiary/aromatic N) is 2. The highest BCUT2D eigenvalue weighted by molar-refractivity contribution is 6.30. The minimum atomic E-state index is -0.509. The third kappa shape index (κ3) is 9.05. The van der Waals surface area contributed by atoms with E-state index < -0.39 is 6.09 Å². The summed E-state index contributed by atoms with van der Waals surface area (Å²) < 4.78 is 10.9. The number of methoxy groups -OCH3 is 1. The number of likely N-dealkylation sites (N-methyl/N-ethyl adjacent to an activating group) is 1. The summed E-state index contributed by atoms with van der Waals surface area (Å²) >= 11 is 6.27. The summed E-state index contributed by atoms with van der Waals surface area (Å²) in [4.78, 5) is 40.7. The number of carbonyl (C=O) groups excluding carboxylic acids is 3. The van der Waals surface area contributed by atoms with Crippen molar-refractivity contribution in [2.45, 2.75) is 44.2 Å². The van der Waals surface area contributed by atoms with E-state index in [0.29, 0.717) is 50.8 Å². The average molecular weight is 538 g/mol. The quantitative estimate of drug-likeness (QED) is 0.374. The van der Waals surface area contributed by atoms with Gasteiger partial charge in [-0.15, -0.1) is 0 Å². The first-order chi connectivity index (χ1) is 17.9. The summed E-state index contributed by atoms with van der Waals surface area (Å²) in [6.45, 7) is 3.61. The topological polar surface area (TPSA) is 112 Å². The number of amides is 4. The molecule has 0 unspecified atom stereocenters. The van der Waals surface area contributed by atoms with E-state index >= 15 is 0 Å². The van der Waals surface area contributed by atoms with Gasteiger partial charge in [-0.1, -0.05) is 23.7 Å². The molecule has 0 bridgehead atoms. The number of likely N-dealkylation sites (tertiary alicyclic amines) is 2. The number of rotatable bonds is 11. The Kier molecular flexibility index (Phi) is 11.8. The van der Waals surface area contributed by atoms with E-state index in [1.165, 1.54) is 7.11 Å². The third-order valence-corrected chi connectivity index (χ3v) is 7.08. The van der Waals surface area contributed by atoms with Crippen molar-refractivity contribution in [3.63, 3.8) is 0 Å². The zero-order chi connectivity index (χ0) is 26.6. The molecule has 2 saturated heterocycles. The molecule has 206 valence electrons. The maximum absolute atomic E-state index is 13.3. The van der Waals surface area contributed by atoms with Crippen LogP contribution < -0.4 is 16.0 Å². The Bertz CT molecular complexity index is 904. The van der Waals surface area contributed by atoms with E-state index in [9.17, 15) is 14.4 Å². The molecular weight excluding hydrogens is 498 g/mol. The fourth-order valence-electron chi connectivity index (χ4n) is 5.04. The van der Waals surface area contributed by atoms with Crippen LogP contribution in [0.25, 0.3) is 0 Å². The molecule has 1 aromatic rings. The lowest BCUT2D eigenvalue weighted by Gasteiger charge is -2.38. The Labute approximate surface area is 224 Å². The van der Waals surface area contributed by atoms with Crippen molar-refractivity contribution < 1.29 is 23.9 Å². The molecule has 2 aliphatic heterocycles. The monoisotopic (exact) mass is 537 g/mol. The summed E-state index contributed by atoms with van der Waals surface area (Å²) in [6, 6.07) is 7.25. The van der Waals surface area contributed by atoms with Gasteiger partial charge in [0.05, 0.1) is 25.9 Å². The predicted molar refractivity (Wildman–Crippen MR) is 142 cm³/mol. The maximum atomic E-state index is 13.3. The fraction of sp³-hybridized carbons (Fsp3) is 0.654. The Balaban J connectivity index is 1.63. The number of nitrogens with one attached hydrogen (secondary N) is 3. The molecule has 11 heteroatoms. The minimum absolute atomic E-state index is 0.0579. The van der Waals surface area contributed by atoms with Crippen LogP contribution >= 0.6 is 11.6 Å². The molecular formula is C26H40ClN5O5. The molecule has 3 N–H and O–H groups in total. The van der Waals surface area contributed by atoms with Gasteiger partial charge in [0, 0.05) is 56.6 Å². The largest absolute Gasteiger partial charge is 0.453 e. The van der Waals surface area contributed by atoms with Gasteiger partial charge in [0.1, 0.15) is 0 Å². The van der Waals surface area contributed by atoms with Gasteiger partial charge in [-0.3, -0.25) is 4.79 Å².